The van der Waals surface area contributed by atoms with Crippen molar-refractivity contribution in [2.24, 2.45) is 5.73 Å². The van der Waals surface area contributed by atoms with Crippen LogP contribution in [0.4, 0.5) is 14.6 Å². The van der Waals surface area contributed by atoms with Crippen LogP contribution < -0.4 is 15.8 Å². The van der Waals surface area contributed by atoms with E-state index in [0.29, 0.717) is 5.82 Å². The lowest BCUT2D eigenvalue weighted by Gasteiger charge is -2.15. The summed E-state index contributed by atoms with van der Waals surface area (Å²) in [4.78, 5) is 18.9. The molecule has 1 heterocycles. The minimum atomic E-state index is -2.85. The number of hydrogen-bond donors (Lipinski definition) is 2. The number of amides is 1. The largest absolute Gasteiger partial charge is 0.435 e. The first-order chi connectivity index (χ1) is 10.5. The molecule has 0 saturated heterocycles. The number of anilines is 1. The van der Waals surface area contributed by atoms with Gasteiger partial charge in [0.2, 0.25) is 0 Å². The SMILES string of the molecule is CC(Nc1cncc(C(N)=O)n1)c1ccc(OC(F)F)cc1. The number of rotatable bonds is 6. The highest BCUT2D eigenvalue weighted by molar-refractivity contribution is 5.90. The van der Waals surface area contributed by atoms with Gasteiger partial charge in [0.1, 0.15) is 17.3 Å². The topological polar surface area (TPSA) is 90.1 Å². The van der Waals surface area contributed by atoms with Crippen LogP contribution in [0.2, 0.25) is 0 Å². The summed E-state index contributed by atoms with van der Waals surface area (Å²) in [7, 11) is 0. The summed E-state index contributed by atoms with van der Waals surface area (Å²) in [6.45, 7) is -1.00. The molecule has 22 heavy (non-hydrogen) atoms. The molecule has 1 aromatic heterocycles. The number of halogens is 2. The van der Waals surface area contributed by atoms with E-state index < -0.39 is 12.5 Å². The number of aromatic nitrogens is 2. The van der Waals surface area contributed by atoms with Gasteiger partial charge in [-0.2, -0.15) is 8.78 Å². The molecule has 0 saturated carbocycles. The van der Waals surface area contributed by atoms with E-state index in [0.717, 1.165) is 5.56 Å². The molecule has 0 bridgehead atoms. The second-order valence-corrected chi connectivity index (χ2v) is 4.47. The number of nitrogens with two attached hydrogens (primary N) is 1. The van der Waals surface area contributed by atoms with Gasteiger partial charge in [0.15, 0.2) is 0 Å². The molecule has 2 aromatic rings. The molecule has 6 nitrogen and oxygen atoms in total. The normalized spacial score (nSPS) is 12.0. The van der Waals surface area contributed by atoms with Crippen molar-refractivity contribution in [3.05, 3.63) is 47.9 Å². The molecular weight excluding hydrogens is 294 g/mol. The number of nitrogens with one attached hydrogen (secondary N) is 1. The number of hydrogen-bond acceptors (Lipinski definition) is 5. The predicted molar refractivity (Wildman–Crippen MR) is 75.7 cm³/mol. The summed E-state index contributed by atoms with van der Waals surface area (Å²) in [6, 6.07) is 6.02. The highest BCUT2D eigenvalue weighted by Crippen LogP contribution is 2.21. The first-order valence-electron chi connectivity index (χ1n) is 6.39. The first-order valence-corrected chi connectivity index (χ1v) is 6.39. The fourth-order valence-electron chi connectivity index (χ4n) is 1.80. The molecule has 0 spiro atoms. The summed E-state index contributed by atoms with van der Waals surface area (Å²) in [6.07, 6.45) is 2.73. The third kappa shape index (κ3) is 4.11. The third-order valence-corrected chi connectivity index (χ3v) is 2.86. The van der Waals surface area contributed by atoms with E-state index in [4.69, 9.17) is 5.73 Å². The van der Waals surface area contributed by atoms with Gasteiger partial charge in [-0.25, -0.2) is 4.98 Å². The maximum Gasteiger partial charge on any atom is 0.387 e. The molecule has 1 unspecified atom stereocenters. The molecule has 8 heteroatoms. The smallest absolute Gasteiger partial charge is 0.387 e. The van der Waals surface area contributed by atoms with Crippen LogP contribution in [0.15, 0.2) is 36.7 Å². The van der Waals surface area contributed by atoms with E-state index >= 15 is 0 Å². The van der Waals surface area contributed by atoms with Crippen molar-refractivity contribution in [2.45, 2.75) is 19.6 Å². The van der Waals surface area contributed by atoms with Crippen LogP contribution in [0.1, 0.15) is 29.0 Å². The zero-order valence-corrected chi connectivity index (χ0v) is 11.7. The summed E-state index contributed by atoms with van der Waals surface area (Å²) >= 11 is 0. The fourth-order valence-corrected chi connectivity index (χ4v) is 1.80. The van der Waals surface area contributed by atoms with Crippen molar-refractivity contribution in [3.63, 3.8) is 0 Å². The lowest BCUT2D eigenvalue weighted by Crippen LogP contribution is -2.15. The van der Waals surface area contributed by atoms with Gasteiger partial charge in [-0.1, -0.05) is 12.1 Å². The molecule has 1 amide bonds. The Labute approximate surface area is 125 Å². The quantitative estimate of drug-likeness (QED) is 0.855. The van der Waals surface area contributed by atoms with Crippen LogP contribution in [-0.2, 0) is 0 Å². The summed E-state index contributed by atoms with van der Waals surface area (Å²) in [5, 5.41) is 3.04. The lowest BCUT2D eigenvalue weighted by atomic mass is 10.1. The summed E-state index contributed by atoms with van der Waals surface area (Å²) in [5.41, 5.74) is 6.02. The third-order valence-electron chi connectivity index (χ3n) is 2.86. The number of benzene rings is 1. The van der Waals surface area contributed by atoms with E-state index in [1.54, 1.807) is 12.1 Å². The zero-order valence-electron chi connectivity index (χ0n) is 11.7. The molecule has 1 atom stereocenters. The van der Waals surface area contributed by atoms with Crippen LogP contribution in [0.3, 0.4) is 0 Å². The Kier molecular flexibility index (Phi) is 4.82. The average Bonchev–Trinajstić information content (AvgIpc) is 2.47. The van der Waals surface area contributed by atoms with Gasteiger partial charge in [0.25, 0.3) is 5.91 Å². The lowest BCUT2D eigenvalue weighted by molar-refractivity contribution is -0.0498. The number of ether oxygens (including phenoxy) is 1. The fraction of sp³-hybridized carbons (Fsp3) is 0.214. The second kappa shape index (κ2) is 6.79. The minimum absolute atomic E-state index is 0.0536. The molecule has 0 aliphatic heterocycles. The highest BCUT2D eigenvalue weighted by atomic mass is 19.3. The van der Waals surface area contributed by atoms with Crippen molar-refractivity contribution >= 4 is 11.7 Å². The second-order valence-electron chi connectivity index (χ2n) is 4.47. The Morgan fingerprint density at radius 3 is 2.55 bits per heavy atom. The van der Waals surface area contributed by atoms with Gasteiger partial charge < -0.3 is 15.8 Å². The van der Waals surface area contributed by atoms with Gasteiger partial charge in [0, 0.05) is 6.04 Å². The van der Waals surface area contributed by atoms with E-state index in [1.807, 2.05) is 6.92 Å². The summed E-state index contributed by atoms with van der Waals surface area (Å²) < 4.78 is 28.4. The van der Waals surface area contributed by atoms with Crippen LogP contribution in [-0.4, -0.2) is 22.5 Å². The molecule has 2 rings (SSSR count). The Balaban J connectivity index is 2.07. The molecular formula is C14H14F2N4O2. The van der Waals surface area contributed by atoms with Crippen molar-refractivity contribution < 1.29 is 18.3 Å². The van der Waals surface area contributed by atoms with Gasteiger partial charge in [-0.3, -0.25) is 9.78 Å². The van der Waals surface area contributed by atoms with Crippen LogP contribution in [0.5, 0.6) is 5.75 Å². The summed E-state index contributed by atoms with van der Waals surface area (Å²) in [5.74, 6) is -0.199. The molecule has 3 N–H and O–H groups in total. The van der Waals surface area contributed by atoms with Crippen LogP contribution >= 0.6 is 0 Å². The average molecular weight is 308 g/mol. The number of alkyl halides is 2. The van der Waals surface area contributed by atoms with Gasteiger partial charge in [-0.15, -0.1) is 0 Å². The number of carbonyl (C=O) groups is 1. The van der Waals surface area contributed by atoms with Crippen molar-refractivity contribution in [3.8, 4) is 5.75 Å². The maximum absolute atomic E-state index is 12.1. The standard InChI is InChI=1S/C14H14F2N4O2/c1-8(9-2-4-10(5-3-9)22-14(15)16)19-12-7-18-6-11(20-12)13(17)21/h2-8,14H,1H3,(H2,17,21)(H,19,20). The molecule has 0 aliphatic rings. The minimum Gasteiger partial charge on any atom is -0.435 e. The van der Waals surface area contributed by atoms with Crippen molar-refractivity contribution in [1.29, 1.82) is 0 Å². The van der Waals surface area contributed by atoms with Crippen LogP contribution in [0.25, 0.3) is 0 Å². The molecule has 1 aromatic carbocycles. The Morgan fingerprint density at radius 1 is 1.27 bits per heavy atom. The Bertz CT molecular complexity index is 650. The van der Waals surface area contributed by atoms with Gasteiger partial charge >= 0.3 is 6.61 Å². The monoisotopic (exact) mass is 308 g/mol. The first kappa shape index (κ1) is 15.6. The highest BCUT2D eigenvalue weighted by Gasteiger charge is 2.10. The van der Waals surface area contributed by atoms with E-state index in [-0.39, 0.29) is 17.5 Å². The van der Waals surface area contributed by atoms with E-state index in [2.05, 4.69) is 20.0 Å². The number of nitrogens with zero attached hydrogens (tertiary/aromatic N) is 2. The maximum atomic E-state index is 12.1. The Hall–Kier alpha value is -2.77. The van der Waals surface area contributed by atoms with Gasteiger partial charge in [-0.05, 0) is 24.6 Å². The number of carbonyl (C=O) groups excluding carboxylic acids is 1. The van der Waals surface area contributed by atoms with E-state index in [9.17, 15) is 13.6 Å². The van der Waals surface area contributed by atoms with Crippen LogP contribution in [0, 0.1) is 0 Å². The molecule has 0 fully saturated rings. The predicted octanol–water partition coefficient (Wildman–Crippen LogP) is 2.35. The van der Waals surface area contributed by atoms with E-state index in [1.165, 1.54) is 24.5 Å². The number of primary amides is 1. The molecule has 116 valence electrons. The van der Waals surface area contributed by atoms with Crippen molar-refractivity contribution in [2.75, 3.05) is 5.32 Å². The Morgan fingerprint density at radius 2 is 1.95 bits per heavy atom. The zero-order chi connectivity index (χ0) is 16.1. The molecule has 0 radical (unpaired) electrons. The van der Waals surface area contributed by atoms with Crippen molar-refractivity contribution in [1.82, 2.24) is 9.97 Å². The molecule has 0 aliphatic carbocycles. The van der Waals surface area contributed by atoms with Gasteiger partial charge in [0.05, 0.1) is 12.4 Å².